The normalized spacial score (nSPS) is 14.7. The van der Waals surface area contributed by atoms with Gasteiger partial charge < -0.3 is 20.4 Å². The van der Waals surface area contributed by atoms with Gasteiger partial charge in [0.25, 0.3) is 0 Å². The zero-order chi connectivity index (χ0) is 29.1. The molecule has 4 aromatic carbocycles. The van der Waals surface area contributed by atoms with Crippen molar-refractivity contribution in [2.45, 2.75) is 63.2 Å². The molecule has 0 aliphatic rings. The number of aromatic hydroxyl groups is 4. The van der Waals surface area contributed by atoms with E-state index in [1.807, 2.05) is 48.5 Å². The third-order valence-corrected chi connectivity index (χ3v) is 8.27. The van der Waals surface area contributed by atoms with Crippen LogP contribution in [0.2, 0.25) is 0 Å². The molecular weight excluding hydrogens is 496 g/mol. The lowest BCUT2D eigenvalue weighted by Crippen LogP contribution is -2.39. The molecule has 208 valence electrons. The summed E-state index contributed by atoms with van der Waals surface area (Å²) in [5.74, 6) is 0.909. The molecule has 4 N–H and O–H groups in total. The van der Waals surface area contributed by atoms with Gasteiger partial charge >= 0.3 is 0 Å². The van der Waals surface area contributed by atoms with Gasteiger partial charge in [0, 0.05) is 0 Å². The van der Waals surface area contributed by atoms with E-state index in [1.54, 1.807) is 48.5 Å². The molecule has 4 heteroatoms. The third-order valence-electron chi connectivity index (χ3n) is 8.27. The van der Waals surface area contributed by atoms with Crippen molar-refractivity contribution < 1.29 is 20.4 Å². The van der Waals surface area contributed by atoms with Gasteiger partial charge in [-0.05, 0) is 112 Å². The van der Waals surface area contributed by atoms with Gasteiger partial charge in [0.2, 0.25) is 0 Å². The molecule has 0 radical (unpaired) electrons. The highest BCUT2D eigenvalue weighted by molar-refractivity contribution is 5.65. The Morgan fingerprint density at radius 3 is 1.27 bits per heavy atom. The van der Waals surface area contributed by atoms with E-state index < -0.39 is 0 Å². The molecule has 0 bridgehead atoms. The lowest BCUT2D eigenvalue weighted by Gasteiger charge is -2.45. The van der Waals surface area contributed by atoms with Crippen LogP contribution in [0.1, 0.15) is 69.2 Å². The molecular formula is C36H40O4. The summed E-state index contributed by atoms with van der Waals surface area (Å²) < 4.78 is 0. The first kappa shape index (κ1) is 28.8. The van der Waals surface area contributed by atoms with E-state index in [4.69, 9.17) is 0 Å². The Balaban J connectivity index is 1.80. The van der Waals surface area contributed by atoms with Crippen LogP contribution in [-0.4, -0.2) is 20.4 Å². The maximum absolute atomic E-state index is 10.1. The van der Waals surface area contributed by atoms with Gasteiger partial charge in [0.1, 0.15) is 23.0 Å². The third kappa shape index (κ3) is 6.51. The predicted molar refractivity (Wildman–Crippen MR) is 163 cm³/mol. The fourth-order valence-electron chi connectivity index (χ4n) is 6.38. The predicted octanol–water partition coefficient (Wildman–Crippen LogP) is 8.59. The summed E-state index contributed by atoms with van der Waals surface area (Å²) in [4.78, 5) is 0. The summed E-state index contributed by atoms with van der Waals surface area (Å²) in [5, 5.41) is 39.8. The molecule has 4 nitrogen and oxygen atoms in total. The van der Waals surface area contributed by atoms with Crippen LogP contribution >= 0.6 is 0 Å². The lowest BCUT2D eigenvalue weighted by molar-refractivity contribution is 0.247. The Morgan fingerprint density at radius 2 is 0.850 bits per heavy atom. The molecule has 0 aliphatic carbocycles. The highest BCUT2D eigenvalue weighted by atomic mass is 16.3. The summed E-state index contributed by atoms with van der Waals surface area (Å²) in [7, 11) is 0. The number of hydrogen-bond acceptors (Lipinski definition) is 4. The van der Waals surface area contributed by atoms with E-state index in [1.165, 1.54) is 0 Å². The monoisotopic (exact) mass is 536 g/mol. The van der Waals surface area contributed by atoms with Crippen molar-refractivity contribution in [3.63, 3.8) is 0 Å². The van der Waals surface area contributed by atoms with Gasteiger partial charge in [0.15, 0.2) is 0 Å². The second-order valence-corrected chi connectivity index (χ2v) is 12.3. The van der Waals surface area contributed by atoms with Crippen LogP contribution < -0.4 is 0 Å². The SMILES string of the molecule is C=C(CC(C)(CC(C)(CC(C)(C)c1ccc(O)cc1)c1ccc(O)cc1)c1ccc(O)cc1)c1ccc(O)cc1. The highest BCUT2D eigenvalue weighted by Crippen LogP contribution is 2.49. The second kappa shape index (κ2) is 11.1. The maximum Gasteiger partial charge on any atom is 0.115 e. The van der Waals surface area contributed by atoms with Crippen LogP contribution in [0.5, 0.6) is 23.0 Å². The van der Waals surface area contributed by atoms with Crippen LogP contribution in [-0.2, 0) is 16.2 Å². The van der Waals surface area contributed by atoms with E-state index in [-0.39, 0.29) is 39.2 Å². The van der Waals surface area contributed by atoms with Crippen LogP contribution in [0.3, 0.4) is 0 Å². The molecule has 0 amide bonds. The Labute approximate surface area is 237 Å². The molecule has 0 aromatic heterocycles. The first-order valence-corrected chi connectivity index (χ1v) is 13.7. The standard InChI is InChI=1S/C36H40O4/c1-25(26-6-14-30(37)15-7-26)22-35(4,28-10-18-32(39)19-11-28)24-36(5,29-12-20-33(40)21-13-29)23-34(2,3)27-8-16-31(38)17-9-27/h6-21,37-40H,1,22-24H2,2-5H3. The van der Waals surface area contributed by atoms with Crippen LogP contribution in [0.25, 0.3) is 5.57 Å². The van der Waals surface area contributed by atoms with Crippen LogP contribution in [0.4, 0.5) is 0 Å². The van der Waals surface area contributed by atoms with Gasteiger partial charge in [-0.15, -0.1) is 0 Å². The molecule has 0 spiro atoms. The summed E-state index contributed by atoms with van der Waals surface area (Å²) in [6, 6.07) is 29.5. The summed E-state index contributed by atoms with van der Waals surface area (Å²) in [6.07, 6.45) is 2.22. The first-order valence-electron chi connectivity index (χ1n) is 13.7. The van der Waals surface area contributed by atoms with E-state index >= 15 is 0 Å². The number of allylic oxidation sites excluding steroid dienone is 1. The fourth-order valence-corrected chi connectivity index (χ4v) is 6.38. The molecule has 0 saturated carbocycles. The zero-order valence-corrected chi connectivity index (χ0v) is 23.9. The quantitative estimate of drug-likeness (QED) is 0.164. The average Bonchev–Trinajstić information content (AvgIpc) is 2.89. The lowest BCUT2D eigenvalue weighted by atomic mass is 9.59. The number of hydrogen-bond donors (Lipinski definition) is 4. The molecule has 0 aliphatic heterocycles. The smallest absolute Gasteiger partial charge is 0.115 e. The molecule has 2 unspecified atom stereocenters. The molecule has 0 heterocycles. The van der Waals surface area contributed by atoms with Crippen molar-refractivity contribution in [3.8, 4) is 23.0 Å². The van der Waals surface area contributed by atoms with Gasteiger partial charge in [-0.3, -0.25) is 0 Å². The van der Waals surface area contributed by atoms with E-state index in [0.717, 1.165) is 40.7 Å². The number of phenols is 4. The molecule has 4 rings (SSSR count). The van der Waals surface area contributed by atoms with Crippen molar-refractivity contribution in [1.29, 1.82) is 0 Å². The summed E-state index contributed by atoms with van der Waals surface area (Å²) >= 11 is 0. The summed E-state index contributed by atoms with van der Waals surface area (Å²) in [5.41, 5.74) is 4.34. The van der Waals surface area contributed by atoms with E-state index in [0.29, 0.717) is 6.42 Å². The number of phenolic OH excluding ortho intramolecular Hbond substituents is 4. The Bertz CT molecular complexity index is 1440. The molecule has 4 aromatic rings. The van der Waals surface area contributed by atoms with Crippen molar-refractivity contribution in [2.75, 3.05) is 0 Å². The summed E-state index contributed by atoms with van der Waals surface area (Å²) in [6.45, 7) is 13.4. The van der Waals surface area contributed by atoms with Crippen molar-refractivity contribution in [2.24, 2.45) is 0 Å². The van der Waals surface area contributed by atoms with Crippen LogP contribution in [0, 0.1) is 0 Å². The number of rotatable bonds is 10. The first-order chi connectivity index (χ1) is 18.8. The van der Waals surface area contributed by atoms with Gasteiger partial charge in [-0.2, -0.15) is 0 Å². The minimum Gasteiger partial charge on any atom is -0.508 e. The van der Waals surface area contributed by atoms with Crippen LogP contribution in [0.15, 0.2) is 104 Å². The molecule has 2 atom stereocenters. The van der Waals surface area contributed by atoms with E-state index in [2.05, 4.69) is 34.3 Å². The second-order valence-electron chi connectivity index (χ2n) is 12.3. The molecule has 0 fully saturated rings. The fraction of sp³-hybridized carbons (Fsp3) is 0.278. The zero-order valence-electron chi connectivity index (χ0n) is 23.9. The Kier molecular flexibility index (Phi) is 8.02. The van der Waals surface area contributed by atoms with Crippen molar-refractivity contribution >= 4 is 5.57 Å². The average molecular weight is 537 g/mol. The number of benzene rings is 4. The van der Waals surface area contributed by atoms with Gasteiger partial charge in [-0.1, -0.05) is 82.8 Å². The minimum atomic E-state index is -0.375. The largest absolute Gasteiger partial charge is 0.508 e. The van der Waals surface area contributed by atoms with E-state index in [9.17, 15) is 20.4 Å². The molecule has 0 saturated heterocycles. The van der Waals surface area contributed by atoms with Gasteiger partial charge in [-0.25, -0.2) is 0 Å². The highest BCUT2D eigenvalue weighted by Gasteiger charge is 2.42. The Morgan fingerprint density at radius 1 is 0.500 bits per heavy atom. The Hall–Kier alpha value is -4.18. The topological polar surface area (TPSA) is 80.9 Å². The van der Waals surface area contributed by atoms with Crippen molar-refractivity contribution in [3.05, 3.63) is 126 Å². The van der Waals surface area contributed by atoms with Gasteiger partial charge in [0.05, 0.1) is 0 Å². The van der Waals surface area contributed by atoms with Crippen molar-refractivity contribution in [1.82, 2.24) is 0 Å². The molecule has 40 heavy (non-hydrogen) atoms. The maximum atomic E-state index is 10.1. The minimum absolute atomic E-state index is 0.217.